The molecule has 20 heavy (non-hydrogen) atoms. The van der Waals surface area contributed by atoms with Crippen molar-refractivity contribution in [1.29, 1.82) is 0 Å². The SMILES string of the molecule is C=CCn1cc2c(n1)CCc1c-2n[nH]c1C(=O)OCC. The maximum atomic E-state index is 11.9. The van der Waals surface area contributed by atoms with Gasteiger partial charge in [-0.05, 0) is 19.8 Å². The first-order valence-corrected chi connectivity index (χ1v) is 6.66. The fraction of sp³-hybridized carbons (Fsp3) is 0.357. The number of carbonyl (C=O) groups excluding carboxylic acids is 1. The number of aromatic nitrogens is 4. The van der Waals surface area contributed by atoms with Gasteiger partial charge in [0.1, 0.15) is 5.69 Å². The van der Waals surface area contributed by atoms with Crippen molar-refractivity contribution in [3.05, 3.63) is 35.8 Å². The number of nitrogens with zero attached hydrogens (tertiary/aromatic N) is 3. The van der Waals surface area contributed by atoms with E-state index in [2.05, 4.69) is 21.9 Å². The molecule has 2 aromatic heterocycles. The predicted octanol–water partition coefficient (Wildman–Crippen LogP) is 1.73. The summed E-state index contributed by atoms with van der Waals surface area (Å²) < 4.78 is 6.88. The smallest absolute Gasteiger partial charge is 0.356 e. The van der Waals surface area contributed by atoms with Crippen LogP contribution < -0.4 is 0 Å². The number of rotatable bonds is 4. The average molecular weight is 272 g/mol. The summed E-state index contributed by atoms with van der Waals surface area (Å²) in [5.74, 6) is -0.344. The van der Waals surface area contributed by atoms with E-state index in [9.17, 15) is 4.79 Å². The van der Waals surface area contributed by atoms with Gasteiger partial charge < -0.3 is 4.74 Å². The van der Waals surface area contributed by atoms with Gasteiger partial charge in [-0.2, -0.15) is 10.2 Å². The van der Waals surface area contributed by atoms with E-state index in [1.165, 1.54) is 0 Å². The highest BCUT2D eigenvalue weighted by Crippen LogP contribution is 2.33. The number of ether oxygens (including phenoxy) is 1. The Bertz CT molecular complexity index is 669. The highest BCUT2D eigenvalue weighted by Gasteiger charge is 2.27. The number of hydrogen-bond acceptors (Lipinski definition) is 4. The molecular weight excluding hydrogens is 256 g/mol. The van der Waals surface area contributed by atoms with E-state index in [0.29, 0.717) is 18.8 Å². The van der Waals surface area contributed by atoms with Gasteiger partial charge in [-0.1, -0.05) is 6.08 Å². The van der Waals surface area contributed by atoms with Crippen molar-refractivity contribution in [2.75, 3.05) is 6.61 Å². The van der Waals surface area contributed by atoms with Crippen LogP contribution in [0.15, 0.2) is 18.9 Å². The number of aromatic amines is 1. The third-order valence-electron chi connectivity index (χ3n) is 3.37. The van der Waals surface area contributed by atoms with E-state index in [-0.39, 0.29) is 5.97 Å². The number of esters is 1. The molecule has 0 bridgehead atoms. The van der Waals surface area contributed by atoms with Crippen LogP contribution in [0.4, 0.5) is 0 Å². The molecule has 2 heterocycles. The van der Waals surface area contributed by atoms with E-state index in [1.807, 2.05) is 10.9 Å². The van der Waals surface area contributed by atoms with Crippen molar-refractivity contribution in [1.82, 2.24) is 20.0 Å². The maximum Gasteiger partial charge on any atom is 0.356 e. The molecule has 0 unspecified atom stereocenters. The molecule has 6 heteroatoms. The highest BCUT2D eigenvalue weighted by atomic mass is 16.5. The molecule has 0 amide bonds. The summed E-state index contributed by atoms with van der Waals surface area (Å²) in [5, 5.41) is 11.6. The van der Waals surface area contributed by atoms with E-state index < -0.39 is 0 Å². The van der Waals surface area contributed by atoms with Crippen LogP contribution >= 0.6 is 0 Å². The molecule has 1 N–H and O–H groups in total. The van der Waals surface area contributed by atoms with E-state index in [4.69, 9.17) is 4.74 Å². The lowest BCUT2D eigenvalue weighted by Gasteiger charge is -2.10. The third-order valence-corrected chi connectivity index (χ3v) is 3.37. The molecule has 0 aliphatic heterocycles. The highest BCUT2D eigenvalue weighted by molar-refractivity contribution is 5.91. The predicted molar refractivity (Wildman–Crippen MR) is 73.4 cm³/mol. The molecule has 0 spiro atoms. The first-order chi connectivity index (χ1) is 9.74. The van der Waals surface area contributed by atoms with Crippen LogP contribution in [-0.2, 0) is 24.1 Å². The number of allylic oxidation sites excluding steroid dienone is 1. The summed E-state index contributed by atoms with van der Waals surface area (Å²) in [4.78, 5) is 11.9. The van der Waals surface area contributed by atoms with Gasteiger partial charge in [0.15, 0.2) is 0 Å². The van der Waals surface area contributed by atoms with Gasteiger partial charge in [0.2, 0.25) is 0 Å². The Hall–Kier alpha value is -2.37. The summed E-state index contributed by atoms with van der Waals surface area (Å²) in [6.07, 6.45) is 5.30. The first-order valence-electron chi connectivity index (χ1n) is 6.66. The van der Waals surface area contributed by atoms with Crippen molar-refractivity contribution >= 4 is 5.97 Å². The average Bonchev–Trinajstić information content (AvgIpc) is 3.01. The quantitative estimate of drug-likeness (QED) is 0.679. The lowest BCUT2D eigenvalue weighted by Crippen LogP contribution is -2.10. The van der Waals surface area contributed by atoms with Crippen LogP contribution in [-0.4, -0.2) is 32.6 Å². The van der Waals surface area contributed by atoms with Gasteiger partial charge in [0.25, 0.3) is 0 Å². The molecule has 6 nitrogen and oxygen atoms in total. The zero-order chi connectivity index (χ0) is 14.1. The van der Waals surface area contributed by atoms with Crippen LogP contribution in [0.5, 0.6) is 0 Å². The molecule has 0 atom stereocenters. The van der Waals surface area contributed by atoms with Crippen molar-refractivity contribution in [3.8, 4) is 11.3 Å². The Morgan fingerprint density at radius 2 is 2.45 bits per heavy atom. The minimum absolute atomic E-state index is 0.344. The summed E-state index contributed by atoms with van der Waals surface area (Å²) in [6, 6.07) is 0. The molecule has 0 radical (unpaired) electrons. The minimum atomic E-state index is -0.344. The Balaban J connectivity index is 2.01. The summed E-state index contributed by atoms with van der Waals surface area (Å²) in [6.45, 7) is 6.52. The molecule has 1 aliphatic carbocycles. The van der Waals surface area contributed by atoms with Gasteiger partial charge in [-0.25, -0.2) is 4.79 Å². The Morgan fingerprint density at radius 3 is 3.20 bits per heavy atom. The van der Waals surface area contributed by atoms with Gasteiger partial charge in [-0.3, -0.25) is 9.78 Å². The molecule has 1 aliphatic rings. The van der Waals surface area contributed by atoms with Crippen LogP contribution in [0.25, 0.3) is 11.3 Å². The topological polar surface area (TPSA) is 72.8 Å². The van der Waals surface area contributed by atoms with Crippen molar-refractivity contribution in [2.24, 2.45) is 0 Å². The fourth-order valence-electron chi connectivity index (χ4n) is 2.52. The zero-order valence-electron chi connectivity index (χ0n) is 11.3. The number of H-pyrrole nitrogens is 1. The van der Waals surface area contributed by atoms with E-state index >= 15 is 0 Å². The molecular formula is C14H16N4O2. The Labute approximate surface area is 116 Å². The molecule has 104 valence electrons. The fourth-order valence-corrected chi connectivity index (χ4v) is 2.52. The van der Waals surface area contributed by atoms with Gasteiger partial charge in [-0.15, -0.1) is 6.58 Å². The largest absolute Gasteiger partial charge is 0.461 e. The maximum absolute atomic E-state index is 11.9. The van der Waals surface area contributed by atoms with E-state index in [1.54, 1.807) is 13.0 Å². The monoisotopic (exact) mass is 272 g/mol. The lowest BCUT2D eigenvalue weighted by atomic mass is 9.94. The number of carbonyl (C=O) groups is 1. The Morgan fingerprint density at radius 1 is 1.60 bits per heavy atom. The molecule has 0 saturated carbocycles. The number of nitrogens with one attached hydrogen (secondary N) is 1. The number of hydrogen-bond donors (Lipinski definition) is 1. The Kier molecular flexibility index (Phi) is 3.14. The number of aryl methyl sites for hydroxylation is 1. The van der Waals surface area contributed by atoms with Gasteiger partial charge >= 0.3 is 5.97 Å². The standard InChI is InChI=1S/C14H16N4O2/c1-3-7-18-8-10-11(17-18)6-5-9-12(10)15-16-13(9)14(19)20-4-2/h3,8H,1,4-7H2,2H3,(H,15,16). The third kappa shape index (κ3) is 1.93. The van der Waals surface area contributed by atoms with Crippen LogP contribution in [0, 0.1) is 0 Å². The molecule has 2 aromatic rings. The summed E-state index contributed by atoms with van der Waals surface area (Å²) in [5.41, 5.74) is 4.20. The molecule has 0 saturated heterocycles. The van der Waals surface area contributed by atoms with Crippen LogP contribution in [0.1, 0.15) is 28.7 Å². The lowest BCUT2D eigenvalue weighted by molar-refractivity contribution is 0.0518. The van der Waals surface area contributed by atoms with Crippen molar-refractivity contribution in [3.63, 3.8) is 0 Å². The van der Waals surface area contributed by atoms with Crippen LogP contribution in [0.3, 0.4) is 0 Å². The molecule has 3 rings (SSSR count). The molecule has 0 fully saturated rings. The van der Waals surface area contributed by atoms with Gasteiger partial charge in [0, 0.05) is 17.3 Å². The first kappa shape index (κ1) is 12.7. The van der Waals surface area contributed by atoms with E-state index in [0.717, 1.165) is 35.4 Å². The normalized spacial score (nSPS) is 12.7. The van der Waals surface area contributed by atoms with Crippen molar-refractivity contribution < 1.29 is 9.53 Å². The summed E-state index contributed by atoms with van der Waals surface area (Å²) >= 11 is 0. The van der Waals surface area contributed by atoms with Crippen LogP contribution in [0.2, 0.25) is 0 Å². The second-order valence-corrected chi connectivity index (χ2v) is 4.65. The minimum Gasteiger partial charge on any atom is -0.461 e. The second kappa shape index (κ2) is 4.96. The van der Waals surface area contributed by atoms with Crippen molar-refractivity contribution in [2.45, 2.75) is 26.3 Å². The summed E-state index contributed by atoms with van der Waals surface area (Å²) in [7, 11) is 0. The zero-order valence-corrected chi connectivity index (χ0v) is 11.3. The second-order valence-electron chi connectivity index (χ2n) is 4.65. The number of fused-ring (bicyclic) bond motifs is 3. The molecule has 0 aromatic carbocycles. The van der Waals surface area contributed by atoms with Gasteiger partial charge in [0.05, 0.1) is 24.5 Å².